The second-order valence-electron chi connectivity index (χ2n) is 3.46. The lowest BCUT2D eigenvalue weighted by molar-refractivity contribution is 1.18. The van der Waals surface area contributed by atoms with E-state index in [4.69, 9.17) is 0 Å². The molecule has 1 heteroatoms. The Balaban J connectivity index is 2.34. The van der Waals surface area contributed by atoms with Crippen molar-refractivity contribution in [2.75, 3.05) is 0 Å². The summed E-state index contributed by atoms with van der Waals surface area (Å²) in [7, 11) is 0. The van der Waals surface area contributed by atoms with E-state index in [1.54, 1.807) is 12.1 Å². The normalized spacial score (nSPS) is 9.87. The van der Waals surface area contributed by atoms with Gasteiger partial charge in [-0.3, -0.25) is 4.79 Å². The molecule has 0 fully saturated rings. The largest absolute Gasteiger partial charge is 0.290 e. The summed E-state index contributed by atoms with van der Waals surface area (Å²) in [6, 6.07) is 19.1. The Morgan fingerprint density at radius 2 is 1.33 bits per heavy atom. The molecule has 0 saturated carbocycles. The van der Waals surface area contributed by atoms with E-state index in [2.05, 4.69) is 0 Å². The highest BCUT2D eigenvalue weighted by atomic mass is 16.1. The number of rotatable bonds is 2. The maximum Gasteiger partial charge on any atom is 0.182 e. The molecule has 0 unspecified atom stereocenters. The van der Waals surface area contributed by atoms with Gasteiger partial charge in [-0.25, -0.2) is 0 Å². The van der Waals surface area contributed by atoms with Crippen LogP contribution in [0.25, 0.3) is 0 Å². The fraction of sp³-hybridized carbons (Fsp3) is 0.0714. The van der Waals surface area contributed by atoms with Crippen LogP contribution in [0.5, 0.6) is 0 Å². The number of hydrogen-bond donors (Lipinski definition) is 0. The topological polar surface area (TPSA) is 17.1 Å². The monoisotopic (exact) mass is 196 g/mol. The first-order valence-electron chi connectivity index (χ1n) is 4.98. The zero-order chi connectivity index (χ0) is 10.5. The Morgan fingerprint density at radius 3 is 2.07 bits per heavy atom. The lowest BCUT2D eigenvalue weighted by Gasteiger charge is -1.97. The van der Waals surface area contributed by atoms with Crippen molar-refractivity contribution in [1.29, 1.82) is 0 Å². The first-order valence-corrected chi connectivity index (χ1v) is 4.98. The zero-order valence-electron chi connectivity index (χ0n) is 8.39. The van der Waals surface area contributed by atoms with Gasteiger partial charge < -0.3 is 0 Å². The van der Waals surface area contributed by atoms with Gasteiger partial charge in [-0.05, 0) is 11.6 Å². The molecule has 1 nitrogen and oxygen atoms in total. The van der Waals surface area contributed by atoms with Gasteiger partial charge in [-0.1, -0.05) is 54.6 Å². The Labute approximate surface area is 89.0 Å². The van der Waals surface area contributed by atoms with Crippen LogP contribution in [0.1, 0.15) is 11.1 Å². The first-order chi connectivity index (χ1) is 7.36. The predicted octanol–water partition coefficient (Wildman–Crippen LogP) is 2.64. The summed E-state index contributed by atoms with van der Waals surface area (Å²) in [6.45, 7) is 0. The second kappa shape index (κ2) is 4.56. The van der Waals surface area contributed by atoms with E-state index in [9.17, 15) is 4.79 Å². The molecular weight excluding hydrogens is 184 g/mol. The molecule has 0 aliphatic carbocycles. The molecule has 0 spiro atoms. The van der Waals surface area contributed by atoms with E-state index in [-0.39, 0.29) is 5.43 Å². The molecule has 0 N–H and O–H groups in total. The molecular formula is C14H12O. The third-order valence-corrected chi connectivity index (χ3v) is 2.32. The molecule has 0 amide bonds. The van der Waals surface area contributed by atoms with Gasteiger partial charge in [0.15, 0.2) is 5.43 Å². The van der Waals surface area contributed by atoms with Crippen molar-refractivity contribution >= 4 is 0 Å². The van der Waals surface area contributed by atoms with Gasteiger partial charge in [0, 0.05) is 12.0 Å². The standard InChI is InChI=1S/C14H12O/c15-14-10-6-2-5-9-13(14)11-12-7-3-1-4-8-12/h1-10H,11H2. The van der Waals surface area contributed by atoms with E-state index in [1.807, 2.05) is 48.5 Å². The third-order valence-electron chi connectivity index (χ3n) is 2.32. The van der Waals surface area contributed by atoms with Crippen LogP contribution >= 0.6 is 0 Å². The highest BCUT2D eigenvalue weighted by Gasteiger charge is 1.97. The highest BCUT2D eigenvalue weighted by molar-refractivity contribution is 5.25. The first kappa shape index (κ1) is 9.66. The van der Waals surface area contributed by atoms with Crippen LogP contribution < -0.4 is 5.43 Å². The van der Waals surface area contributed by atoms with E-state index in [1.165, 1.54) is 5.56 Å². The van der Waals surface area contributed by atoms with Crippen molar-refractivity contribution in [2.45, 2.75) is 6.42 Å². The van der Waals surface area contributed by atoms with Gasteiger partial charge in [0.1, 0.15) is 0 Å². The van der Waals surface area contributed by atoms with E-state index in [0.29, 0.717) is 6.42 Å². The van der Waals surface area contributed by atoms with Gasteiger partial charge in [0.05, 0.1) is 0 Å². The van der Waals surface area contributed by atoms with E-state index < -0.39 is 0 Å². The number of hydrogen-bond acceptors (Lipinski definition) is 1. The minimum Gasteiger partial charge on any atom is -0.290 e. The Kier molecular flexibility index (Phi) is 2.93. The maximum atomic E-state index is 11.6. The molecule has 15 heavy (non-hydrogen) atoms. The highest BCUT2D eigenvalue weighted by Crippen LogP contribution is 2.04. The fourth-order valence-corrected chi connectivity index (χ4v) is 1.53. The molecule has 0 heterocycles. The lowest BCUT2D eigenvalue weighted by atomic mass is 10.1. The summed E-state index contributed by atoms with van der Waals surface area (Å²) >= 11 is 0. The molecule has 2 rings (SSSR count). The zero-order valence-corrected chi connectivity index (χ0v) is 8.39. The molecule has 0 aromatic heterocycles. The van der Waals surface area contributed by atoms with Gasteiger partial charge in [-0.2, -0.15) is 0 Å². The van der Waals surface area contributed by atoms with Crippen molar-refractivity contribution in [3.05, 3.63) is 82.0 Å². The molecule has 0 aliphatic heterocycles. The van der Waals surface area contributed by atoms with Crippen molar-refractivity contribution in [2.24, 2.45) is 0 Å². The molecule has 2 aromatic rings. The quantitative estimate of drug-likeness (QED) is 0.721. The summed E-state index contributed by atoms with van der Waals surface area (Å²) in [5, 5.41) is 0. The van der Waals surface area contributed by atoms with Crippen LogP contribution in [0, 0.1) is 0 Å². The molecule has 0 atom stereocenters. The lowest BCUT2D eigenvalue weighted by Crippen LogP contribution is -2.04. The minimum atomic E-state index is 0.101. The smallest absolute Gasteiger partial charge is 0.182 e. The van der Waals surface area contributed by atoms with Crippen LogP contribution in [-0.4, -0.2) is 0 Å². The van der Waals surface area contributed by atoms with Crippen LogP contribution in [0.15, 0.2) is 65.5 Å². The van der Waals surface area contributed by atoms with Crippen LogP contribution in [0.2, 0.25) is 0 Å². The third kappa shape index (κ3) is 2.53. The molecule has 0 aliphatic rings. The molecule has 74 valence electrons. The summed E-state index contributed by atoms with van der Waals surface area (Å²) < 4.78 is 0. The fourth-order valence-electron chi connectivity index (χ4n) is 1.53. The summed E-state index contributed by atoms with van der Waals surface area (Å²) in [4.78, 5) is 11.6. The summed E-state index contributed by atoms with van der Waals surface area (Å²) in [5.41, 5.74) is 2.11. The van der Waals surface area contributed by atoms with Crippen molar-refractivity contribution < 1.29 is 0 Å². The van der Waals surface area contributed by atoms with E-state index in [0.717, 1.165) is 5.56 Å². The maximum absolute atomic E-state index is 11.6. The molecule has 0 bridgehead atoms. The predicted molar refractivity (Wildman–Crippen MR) is 62.0 cm³/mol. The SMILES string of the molecule is O=c1cccccc1Cc1ccccc1. The van der Waals surface area contributed by atoms with Crippen LogP contribution in [0.4, 0.5) is 0 Å². The van der Waals surface area contributed by atoms with Crippen molar-refractivity contribution in [3.63, 3.8) is 0 Å². The van der Waals surface area contributed by atoms with Gasteiger partial charge in [0.2, 0.25) is 0 Å². The molecule has 0 radical (unpaired) electrons. The Morgan fingerprint density at radius 1 is 0.733 bits per heavy atom. The number of benzene rings is 1. The van der Waals surface area contributed by atoms with Gasteiger partial charge >= 0.3 is 0 Å². The average Bonchev–Trinajstić information content (AvgIpc) is 2.46. The van der Waals surface area contributed by atoms with Gasteiger partial charge in [-0.15, -0.1) is 0 Å². The Hall–Kier alpha value is -1.89. The Bertz CT molecular complexity index is 489. The van der Waals surface area contributed by atoms with Crippen LogP contribution in [0.3, 0.4) is 0 Å². The van der Waals surface area contributed by atoms with E-state index >= 15 is 0 Å². The van der Waals surface area contributed by atoms with Gasteiger partial charge in [0.25, 0.3) is 0 Å². The van der Waals surface area contributed by atoms with Crippen LogP contribution in [-0.2, 0) is 6.42 Å². The minimum absolute atomic E-state index is 0.101. The molecule has 2 aromatic carbocycles. The summed E-state index contributed by atoms with van der Waals surface area (Å²) in [5.74, 6) is 0. The van der Waals surface area contributed by atoms with Crippen molar-refractivity contribution in [1.82, 2.24) is 0 Å². The summed E-state index contributed by atoms with van der Waals surface area (Å²) in [6.07, 6.45) is 0.703. The second-order valence-corrected chi connectivity index (χ2v) is 3.46. The average molecular weight is 196 g/mol. The van der Waals surface area contributed by atoms with Crippen molar-refractivity contribution in [3.8, 4) is 0 Å². The molecule has 0 saturated heterocycles.